The number of hydrogen-bond donors (Lipinski definition) is 2. The van der Waals surface area contributed by atoms with Gasteiger partial charge in [-0.2, -0.15) is 5.10 Å². The molecule has 0 unspecified atom stereocenters. The van der Waals surface area contributed by atoms with E-state index < -0.39 is 5.97 Å². The van der Waals surface area contributed by atoms with Crippen LogP contribution in [0.5, 0.6) is 0 Å². The first kappa shape index (κ1) is 20.5. The first-order chi connectivity index (χ1) is 14.9. The number of hydrogen-bond acceptors (Lipinski definition) is 7. The Labute approximate surface area is 178 Å². The molecule has 1 saturated carbocycles. The Hall–Kier alpha value is -3.75. The lowest BCUT2D eigenvalue weighted by atomic mass is 10.1. The molecule has 0 aliphatic heterocycles. The number of carbonyl (C=O) groups excluding carboxylic acids is 3. The van der Waals surface area contributed by atoms with Crippen molar-refractivity contribution >= 4 is 35.2 Å². The Bertz CT molecular complexity index is 1200. The van der Waals surface area contributed by atoms with Crippen LogP contribution in [-0.4, -0.2) is 45.4 Å². The monoisotopic (exact) mass is 421 g/mol. The summed E-state index contributed by atoms with van der Waals surface area (Å²) in [5.41, 5.74) is 3.42. The van der Waals surface area contributed by atoms with Gasteiger partial charge in [0.25, 0.3) is 5.91 Å². The van der Waals surface area contributed by atoms with Crippen LogP contribution in [0.1, 0.15) is 62.1 Å². The maximum absolute atomic E-state index is 12.4. The van der Waals surface area contributed by atoms with Gasteiger partial charge in [-0.05, 0) is 56.9 Å². The van der Waals surface area contributed by atoms with E-state index >= 15 is 0 Å². The van der Waals surface area contributed by atoms with E-state index in [0.717, 1.165) is 18.4 Å². The summed E-state index contributed by atoms with van der Waals surface area (Å²) in [6, 6.07) is 5.66. The number of nitrogens with zero attached hydrogens (tertiary/aromatic N) is 3. The molecule has 2 aromatic heterocycles. The van der Waals surface area contributed by atoms with Crippen LogP contribution in [0, 0.1) is 13.8 Å². The van der Waals surface area contributed by atoms with Crippen molar-refractivity contribution in [2.75, 3.05) is 11.9 Å². The smallest absolute Gasteiger partial charge is 0.340 e. The summed E-state index contributed by atoms with van der Waals surface area (Å²) in [5.74, 6) is -0.299. The number of rotatable bonds is 7. The van der Waals surface area contributed by atoms with Crippen molar-refractivity contribution in [3.63, 3.8) is 0 Å². The lowest BCUT2D eigenvalue weighted by Gasteiger charge is -2.12. The third-order valence-electron chi connectivity index (χ3n) is 5.26. The molecular formula is C22H23N5O4. The van der Waals surface area contributed by atoms with Crippen LogP contribution in [0.3, 0.4) is 0 Å². The number of nitrogens with one attached hydrogen (secondary N) is 2. The van der Waals surface area contributed by atoms with Crippen LogP contribution < -0.4 is 10.6 Å². The number of aromatic nitrogens is 3. The summed E-state index contributed by atoms with van der Waals surface area (Å²) < 4.78 is 6.49. The average Bonchev–Trinajstić information content (AvgIpc) is 3.51. The predicted octanol–water partition coefficient (Wildman–Crippen LogP) is 2.97. The number of amides is 1. The molecule has 3 aromatic rings. The SMILES string of the molecule is CCOC(=O)c1c(C)c2c(Nc3cc(C(=O)NC4CC4)ccc3C)ncnn2c1C=O. The van der Waals surface area contributed by atoms with Crippen molar-refractivity contribution < 1.29 is 19.1 Å². The standard InChI is InChI=1S/C22H23N5O4/c1-4-31-22(30)18-13(3)19-20(23-11-24-27(19)17(18)10-28)26-16-9-14(6-5-12(16)2)21(29)25-15-7-8-15/h5-6,9-11,15H,4,7-8H2,1-3H3,(H,25,29)(H,23,24,26). The van der Waals surface area contributed by atoms with Gasteiger partial charge in [0.2, 0.25) is 0 Å². The molecule has 4 rings (SSSR count). The van der Waals surface area contributed by atoms with E-state index in [1.165, 1.54) is 10.8 Å². The summed E-state index contributed by atoms with van der Waals surface area (Å²) in [6.45, 7) is 5.52. The predicted molar refractivity (Wildman–Crippen MR) is 114 cm³/mol. The van der Waals surface area contributed by atoms with Crippen molar-refractivity contribution in [3.8, 4) is 0 Å². The highest BCUT2D eigenvalue weighted by molar-refractivity contribution is 6.03. The fourth-order valence-corrected chi connectivity index (χ4v) is 3.47. The molecule has 0 radical (unpaired) electrons. The molecule has 2 heterocycles. The first-order valence-electron chi connectivity index (χ1n) is 10.1. The normalized spacial score (nSPS) is 13.1. The highest BCUT2D eigenvalue weighted by atomic mass is 16.5. The van der Waals surface area contributed by atoms with Crippen LogP contribution in [0.15, 0.2) is 24.5 Å². The molecule has 9 heteroatoms. The van der Waals surface area contributed by atoms with E-state index in [0.29, 0.717) is 34.4 Å². The summed E-state index contributed by atoms with van der Waals surface area (Å²) >= 11 is 0. The number of esters is 1. The zero-order valence-electron chi connectivity index (χ0n) is 17.6. The van der Waals surface area contributed by atoms with Crippen molar-refractivity contribution in [2.45, 2.75) is 39.7 Å². The van der Waals surface area contributed by atoms with E-state index in [9.17, 15) is 14.4 Å². The summed E-state index contributed by atoms with van der Waals surface area (Å²) in [4.78, 5) is 41.0. The lowest BCUT2D eigenvalue weighted by Crippen LogP contribution is -2.25. The highest BCUT2D eigenvalue weighted by Crippen LogP contribution is 2.30. The molecule has 1 amide bonds. The second kappa shape index (κ2) is 8.17. The molecule has 0 atom stereocenters. The Morgan fingerprint density at radius 3 is 2.74 bits per heavy atom. The van der Waals surface area contributed by atoms with Crippen molar-refractivity contribution in [1.29, 1.82) is 0 Å². The fourth-order valence-electron chi connectivity index (χ4n) is 3.47. The molecule has 1 aromatic carbocycles. The molecule has 1 aliphatic carbocycles. The van der Waals surface area contributed by atoms with E-state index in [-0.39, 0.29) is 29.8 Å². The first-order valence-corrected chi connectivity index (χ1v) is 10.1. The second-order valence-corrected chi connectivity index (χ2v) is 7.50. The topological polar surface area (TPSA) is 115 Å². The van der Waals surface area contributed by atoms with Gasteiger partial charge in [-0.25, -0.2) is 14.3 Å². The number of benzene rings is 1. The minimum atomic E-state index is -0.589. The molecule has 0 saturated heterocycles. The zero-order valence-corrected chi connectivity index (χ0v) is 17.6. The quantitative estimate of drug-likeness (QED) is 0.445. The van der Waals surface area contributed by atoms with E-state index in [4.69, 9.17) is 4.74 Å². The molecule has 31 heavy (non-hydrogen) atoms. The maximum Gasteiger partial charge on any atom is 0.340 e. The van der Waals surface area contributed by atoms with Gasteiger partial charge in [0.05, 0.1) is 12.2 Å². The average molecular weight is 421 g/mol. The number of fused-ring (bicyclic) bond motifs is 1. The van der Waals surface area contributed by atoms with Crippen molar-refractivity contribution in [2.24, 2.45) is 0 Å². The van der Waals surface area contributed by atoms with Crippen LogP contribution >= 0.6 is 0 Å². The van der Waals surface area contributed by atoms with E-state index in [2.05, 4.69) is 20.7 Å². The fraction of sp³-hybridized carbons (Fsp3) is 0.318. The van der Waals surface area contributed by atoms with Gasteiger partial charge < -0.3 is 15.4 Å². The van der Waals surface area contributed by atoms with Gasteiger partial charge in [-0.15, -0.1) is 0 Å². The molecule has 1 aliphatic rings. The minimum absolute atomic E-state index is 0.102. The summed E-state index contributed by atoms with van der Waals surface area (Å²) in [6.07, 6.45) is 3.90. The van der Waals surface area contributed by atoms with Gasteiger partial charge in [0.15, 0.2) is 12.1 Å². The molecule has 2 N–H and O–H groups in total. The van der Waals surface area contributed by atoms with E-state index in [1.807, 2.05) is 13.0 Å². The van der Waals surface area contributed by atoms with Gasteiger partial charge in [0, 0.05) is 17.3 Å². The number of carbonyl (C=O) groups is 3. The number of ether oxygens (including phenoxy) is 1. The summed E-state index contributed by atoms with van der Waals surface area (Å²) in [7, 11) is 0. The lowest BCUT2D eigenvalue weighted by molar-refractivity contribution is 0.0523. The zero-order chi connectivity index (χ0) is 22.1. The van der Waals surface area contributed by atoms with Crippen LogP contribution in [0.2, 0.25) is 0 Å². The van der Waals surface area contributed by atoms with Gasteiger partial charge in [-0.1, -0.05) is 6.07 Å². The second-order valence-electron chi connectivity index (χ2n) is 7.50. The largest absolute Gasteiger partial charge is 0.462 e. The summed E-state index contributed by atoms with van der Waals surface area (Å²) in [5, 5.41) is 10.4. The maximum atomic E-state index is 12.4. The highest BCUT2D eigenvalue weighted by Gasteiger charge is 2.26. The third-order valence-corrected chi connectivity index (χ3v) is 5.26. The van der Waals surface area contributed by atoms with Crippen molar-refractivity contribution in [1.82, 2.24) is 19.9 Å². The number of anilines is 2. The molecule has 0 bridgehead atoms. The molecule has 0 spiro atoms. The van der Waals surface area contributed by atoms with Gasteiger partial charge in [0.1, 0.15) is 17.5 Å². The number of aldehydes is 1. The van der Waals surface area contributed by atoms with Gasteiger partial charge >= 0.3 is 5.97 Å². The van der Waals surface area contributed by atoms with Crippen LogP contribution in [0.25, 0.3) is 5.52 Å². The van der Waals surface area contributed by atoms with Crippen LogP contribution in [-0.2, 0) is 4.74 Å². The Morgan fingerprint density at radius 1 is 1.29 bits per heavy atom. The van der Waals surface area contributed by atoms with Gasteiger partial charge in [-0.3, -0.25) is 9.59 Å². The Kier molecular flexibility index (Phi) is 5.41. The van der Waals surface area contributed by atoms with E-state index in [1.54, 1.807) is 26.0 Å². The Balaban J connectivity index is 1.76. The third kappa shape index (κ3) is 3.86. The minimum Gasteiger partial charge on any atom is -0.462 e. The molecule has 1 fully saturated rings. The molecular weight excluding hydrogens is 398 g/mol. The Morgan fingerprint density at radius 2 is 2.06 bits per heavy atom. The van der Waals surface area contributed by atoms with Crippen molar-refractivity contribution in [3.05, 3.63) is 52.5 Å². The van der Waals surface area contributed by atoms with Crippen LogP contribution in [0.4, 0.5) is 11.5 Å². The molecule has 160 valence electrons. The molecule has 9 nitrogen and oxygen atoms in total. The number of aryl methyl sites for hydroxylation is 2.